The van der Waals surface area contributed by atoms with Gasteiger partial charge in [-0.05, 0) is 38.1 Å². The third-order valence-corrected chi connectivity index (χ3v) is 3.66. The van der Waals surface area contributed by atoms with Crippen molar-refractivity contribution >= 4 is 11.6 Å². The highest BCUT2D eigenvalue weighted by atomic mass is 35.5. The van der Waals surface area contributed by atoms with Crippen LogP contribution in [0.1, 0.15) is 25.3 Å². The Morgan fingerprint density at radius 3 is 2.84 bits per heavy atom. The molecule has 0 radical (unpaired) electrons. The van der Waals surface area contributed by atoms with Crippen molar-refractivity contribution in [3.05, 3.63) is 22.8 Å². The number of aromatic nitrogens is 1. The van der Waals surface area contributed by atoms with E-state index in [0.717, 1.165) is 44.6 Å². The summed E-state index contributed by atoms with van der Waals surface area (Å²) in [6.45, 7) is 5.94. The Hall–Kier alpha value is -0.840. The molecule has 0 atom stereocenters. The summed E-state index contributed by atoms with van der Waals surface area (Å²) in [5.74, 6) is 0.566. The zero-order valence-corrected chi connectivity index (χ0v) is 12.4. The van der Waals surface area contributed by atoms with E-state index in [0.29, 0.717) is 10.9 Å². The lowest BCUT2D eigenvalue weighted by Crippen LogP contribution is -2.35. The molecule has 0 amide bonds. The maximum absolute atomic E-state index is 6.23. The first-order valence-electron chi connectivity index (χ1n) is 6.89. The molecule has 1 aromatic heterocycles. The lowest BCUT2D eigenvalue weighted by molar-refractivity contribution is 0.110. The average Bonchev–Trinajstić information content (AvgIpc) is 2.41. The third kappa shape index (κ3) is 4.34. The van der Waals surface area contributed by atoms with Crippen LogP contribution in [-0.2, 0) is 6.54 Å². The van der Waals surface area contributed by atoms with Crippen molar-refractivity contribution in [2.75, 3.05) is 26.7 Å². The fourth-order valence-corrected chi connectivity index (χ4v) is 2.41. The van der Waals surface area contributed by atoms with Crippen LogP contribution in [0.4, 0.5) is 0 Å². The molecule has 0 aliphatic carbocycles. The van der Waals surface area contributed by atoms with Gasteiger partial charge >= 0.3 is 0 Å². The molecule has 0 unspecified atom stereocenters. The first-order valence-corrected chi connectivity index (χ1v) is 7.27. The van der Waals surface area contributed by atoms with Crippen LogP contribution in [0.25, 0.3) is 0 Å². The maximum atomic E-state index is 6.23. The maximum Gasteiger partial charge on any atom is 0.232 e. The Labute approximate surface area is 120 Å². The Morgan fingerprint density at radius 2 is 2.21 bits per heavy atom. The molecular weight excluding hydrogens is 262 g/mol. The minimum atomic E-state index is 0.237. The van der Waals surface area contributed by atoms with Gasteiger partial charge in [-0.1, -0.05) is 18.5 Å². The van der Waals surface area contributed by atoms with Crippen LogP contribution in [-0.4, -0.2) is 42.7 Å². The molecule has 1 aliphatic rings. The average molecular weight is 284 g/mol. The highest BCUT2D eigenvalue weighted by molar-refractivity contribution is 6.31. The van der Waals surface area contributed by atoms with Gasteiger partial charge in [0.1, 0.15) is 11.1 Å². The fraction of sp³-hybridized carbons (Fsp3) is 0.643. The van der Waals surface area contributed by atoms with E-state index in [9.17, 15) is 0 Å². The summed E-state index contributed by atoms with van der Waals surface area (Å²) in [5, 5.41) is 3.86. The van der Waals surface area contributed by atoms with Gasteiger partial charge in [0.05, 0.1) is 0 Å². The second-order valence-corrected chi connectivity index (χ2v) is 5.44. The van der Waals surface area contributed by atoms with Crippen LogP contribution < -0.4 is 10.1 Å². The van der Waals surface area contributed by atoms with Crippen molar-refractivity contribution in [2.45, 2.75) is 32.4 Å². The molecule has 1 aromatic rings. The molecule has 0 spiro atoms. The molecule has 4 nitrogen and oxygen atoms in total. The van der Waals surface area contributed by atoms with Crippen molar-refractivity contribution in [2.24, 2.45) is 0 Å². The van der Waals surface area contributed by atoms with E-state index in [1.807, 2.05) is 12.3 Å². The summed E-state index contributed by atoms with van der Waals surface area (Å²) in [5.41, 5.74) is 1.09. The Bertz CT molecular complexity index is 406. The summed E-state index contributed by atoms with van der Waals surface area (Å²) in [6, 6.07) is 1.93. The highest BCUT2D eigenvalue weighted by Crippen LogP contribution is 2.25. The van der Waals surface area contributed by atoms with Crippen LogP contribution in [0.5, 0.6) is 5.88 Å². The van der Waals surface area contributed by atoms with E-state index in [1.54, 1.807) is 0 Å². The van der Waals surface area contributed by atoms with Crippen LogP contribution >= 0.6 is 11.6 Å². The number of rotatable bonds is 5. The second-order valence-electron chi connectivity index (χ2n) is 5.03. The molecule has 1 fully saturated rings. The van der Waals surface area contributed by atoms with Gasteiger partial charge in [0, 0.05) is 25.8 Å². The lowest BCUT2D eigenvalue weighted by Gasteiger charge is -2.29. The monoisotopic (exact) mass is 283 g/mol. The normalized spacial score (nSPS) is 17.6. The minimum absolute atomic E-state index is 0.237. The minimum Gasteiger partial charge on any atom is -0.473 e. The van der Waals surface area contributed by atoms with Crippen LogP contribution in [0.3, 0.4) is 0 Å². The third-order valence-electron chi connectivity index (χ3n) is 3.39. The van der Waals surface area contributed by atoms with E-state index in [4.69, 9.17) is 16.3 Å². The van der Waals surface area contributed by atoms with Gasteiger partial charge < -0.3 is 15.0 Å². The predicted octanol–water partition coefficient (Wildman–Crippen LogP) is 2.32. The van der Waals surface area contributed by atoms with Gasteiger partial charge in [-0.15, -0.1) is 0 Å². The summed E-state index contributed by atoms with van der Waals surface area (Å²) in [4.78, 5) is 6.65. The van der Waals surface area contributed by atoms with Crippen LogP contribution in [0.2, 0.25) is 5.02 Å². The molecule has 19 heavy (non-hydrogen) atoms. The second kappa shape index (κ2) is 7.08. The summed E-state index contributed by atoms with van der Waals surface area (Å²) >= 11 is 6.23. The number of hydrogen-bond acceptors (Lipinski definition) is 4. The SMILES string of the molecule is CCNCc1cnc(OC2CCN(C)CC2)c(Cl)c1. The molecule has 0 bridgehead atoms. The molecule has 2 heterocycles. The summed E-state index contributed by atoms with van der Waals surface area (Å²) in [6.07, 6.45) is 4.14. The van der Waals surface area contributed by atoms with E-state index in [2.05, 4.69) is 29.2 Å². The highest BCUT2D eigenvalue weighted by Gasteiger charge is 2.19. The molecular formula is C14H22ClN3O. The Balaban J connectivity index is 1.93. The van der Waals surface area contributed by atoms with Crippen LogP contribution in [0.15, 0.2) is 12.3 Å². The van der Waals surface area contributed by atoms with Gasteiger partial charge in [0.25, 0.3) is 0 Å². The quantitative estimate of drug-likeness (QED) is 0.900. The predicted molar refractivity (Wildman–Crippen MR) is 77.8 cm³/mol. The molecule has 5 heteroatoms. The van der Waals surface area contributed by atoms with E-state index in [1.165, 1.54) is 0 Å². The molecule has 1 aliphatic heterocycles. The molecule has 1 N–H and O–H groups in total. The molecule has 106 valence electrons. The topological polar surface area (TPSA) is 37.4 Å². The smallest absolute Gasteiger partial charge is 0.232 e. The number of hydrogen-bond donors (Lipinski definition) is 1. The van der Waals surface area contributed by atoms with Crippen molar-refractivity contribution in [3.63, 3.8) is 0 Å². The number of pyridine rings is 1. The van der Waals surface area contributed by atoms with E-state index < -0.39 is 0 Å². The van der Waals surface area contributed by atoms with Gasteiger partial charge in [0.2, 0.25) is 5.88 Å². The Kier molecular flexibility index (Phi) is 5.43. The van der Waals surface area contributed by atoms with E-state index >= 15 is 0 Å². The zero-order chi connectivity index (χ0) is 13.7. The van der Waals surface area contributed by atoms with Crippen molar-refractivity contribution in [1.82, 2.24) is 15.2 Å². The molecule has 2 rings (SSSR count). The van der Waals surface area contributed by atoms with Crippen LogP contribution in [0, 0.1) is 0 Å². The fourth-order valence-electron chi connectivity index (χ4n) is 2.18. The van der Waals surface area contributed by atoms with Gasteiger partial charge in [0.15, 0.2) is 0 Å². The number of halogens is 1. The van der Waals surface area contributed by atoms with Crippen molar-refractivity contribution in [3.8, 4) is 5.88 Å². The van der Waals surface area contributed by atoms with E-state index in [-0.39, 0.29) is 6.10 Å². The summed E-state index contributed by atoms with van der Waals surface area (Å²) in [7, 11) is 2.14. The first-order chi connectivity index (χ1) is 9.19. The van der Waals surface area contributed by atoms with Gasteiger partial charge in [-0.25, -0.2) is 4.98 Å². The van der Waals surface area contributed by atoms with Crippen molar-refractivity contribution < 1.29 is 4.74 Å². The molecule has 0 aromatic carbocycles. The Morgan fingerprint density at radius 1 is 1.47 bits per heavy atom. The lowest BCUT2D eigenvalue weighted by atomic mass is 10.1. The molecule has 1 saturated heterocycles. The first kappa shape index (κ1) is 14.6. The number of ether oxygens (including phenoxy) is 1. The van der Waals surface area contributed by atoms with Crippen molar-refractivity contribution in [1.29, 1.82) is 0 Å². The largest absolute Gasteiger partial charge is 0.473 e. The number of piperidine rings is 1. The number of nitrogens with zero attached hydrogens (tertiary/aromatic N) is 2. The molecule has 0 saturated carbocycles. The van der Waals surface area contributed by atoms with Gasteiger partial charge in [-0.2, -0.15) is 0 Å². The standard InChI is InChI=1S/C14H22ClN3O/c1-3-16-9-11-8-13(15)14(17-10-11)19-12-4-6-18(2)7-5-12/h8,10,12,16H,3-7,9H2,1-2H3. The number of likely N-dealkylation sites (tertiary alicyclic amines) is 1. The number of nitrogens with one attached hydrogen (secondary N) is 1. The van der Waals surface area contributed by atoms with Gasteiger partial charge in [-0.3, -0.25) is 0 Å². The zero-order valence-electron chi connectivity index (χ0n) is 11.7. The summed E-state index contributed by atoms with van der Waals surface area (Å²) < 4.78 is 5.90.